The monoisotopic (exact) mass is 136 g/mol. The molecule has 2 aliphatic rings. The van der Waals surface area contributed by atoms with Gasteiger partial charge in [-0.3, -0.25) is 0 Å². The Bertz CT molecular complexity index is 268. The number of hydrogen-bond acceptors (Lipinski definition) is 2. The van der Waals surface area contributed by atoms with Crippen LogP contribution in [0.3, 0.4) is 0 Å². The fourth-order valence-electron chi connectivity index (χ4n) is 1.29. The number of hydrogen-bond donors (Lipinski definition) is 2. The van der Waals surface area contributed by atoms with Gasteiger partial charge in [0.15, 0.2) is 0 Å². The second-order valence-electron chi connectivity index (χ2n) is 2.61. The zero-order chi connectivity index (χ0) is 7.14. The summed E-state index contributed by atoms with van der Waals surface area (Å²) in [4.78, 5) is 0. The molecule has 0 fully saturated rings. The van der Waals surface area contributed by atoms with Crippen LogP contribution < -0.4 is 0 Å². The van der Waals surface area contributed by atoms with Gasteiger partial charge in [-0.25, -0.2) is 0 Å². The number of aliphatic hydroxyl groups is 1. The molecule has 0 radical (unpaired) electrons. The first-order chi connectivity index (χ1) is 4.77. The van der Waals surface area contributed by atoms with Crippen LogP contribution in [0.25, 0.3) is 0 Å². The molecule has 0 aromatic heterocycles. The Kier molecular flexibility index (Phi) is 0.995. The van der Waals surface area contributed by atoms with Crippen LogP contribution in [-0.4, -0.2) is 10.2 Å². The summed E-state index contributed by atoms with van der Waals surface area (Å²) >= 11 is 0. The molecule has 0 spiro atoms. The maximum Gasteiger partial charge on any atom is 0.119 e. The van der Waals surface area contributed by atoms with Gasteiger partial charge >= 0.3 is 0 Å². The van der Waals surface area contributed by atoms with Crippen molar-refractivity contribution in [2.45, 2.75) is 12.5 Å². The van der Waals surface area contributed by atoms with E-state index < -0.39 is 6.10 Å². The SMILES string of the molecule is Oc1cc2ccc1CC2O. The van der Waals surface area contributed by atoms with Crippen molar-refractivity contribution >= 4 is 0 Å². The third-order valence-corrected chi connectivity index (χ3v) is 1.91. The summed E-state index contributed by atoms with van der Waals surface area (Å²) in [5.41, 5.74) is 1.65. The topological polar surface area (TPSA) is 40.5 Å². The minimum absolute atomic E-state index is 0.308. The lowest BCUT2D eigenvalue weighted by Crippen LogP contribution is -2.07. The van der Waals surface area contributed by atoms with Crippen molar-refractivity contribution in [2.75, 3.05) is 0 Å². The average molecular weight is 136 g/mol. The third kappa shape index (κ3) is 0.625. The lowest BCUT2D eigenvalue weighted by molar-refractivity contribution is 0.172. The maximum absolute atomic E-state index is 9.25. The highest BCUT2D eigenvalue weighted by Gasteiger charge is 2.18. The highest BCUT2D eigenvalue weighted by Crippen LogP contribution is 2.32. The van der Waals surface area contributed by atoms with E-state index in [2.05, 4.69) is 0 Å². The molecule has 1 unspecified atom stereocenters. The predicted molar refractivity (Wildman–Crippen MR) is 36.8 cm³/mol. The quantitative estimate of drug-likeness (QED) is 0.558. The van der Waals surface area contributed by atoms with Gasteiger partial charge in [-0.05, 0) is 17.2 Å². The van der Waals surface area contributed by atoms with E-state index in [-0.39, 0.29) is 0 Å². The van der Waals surface area contributed by atoms with Crippen molar-refractivity contribution in [1.29, 1.82) is 0 Å². The number of aliphatic hydroxyl groups excluding tert-OH is 1. The maximum atomic E-state index is 9.25. The van der Waals surface area contributed by atoms with Crippen LogP contribution in [0.2, 0.25) is 0 Å². The Morgan fingerprint density at radius 1 is 1.40 bits per heavy atom. The Labute approximate surface area is 58.7 Å². The van der Waals surface area contributed by atoms with E-state index >= 15 is 0 Å². The smallest absolute Gasteiger partial charge is 0.119 e. The van der Waals surface area contributed by atoms with Crippen molar-refractivity contribution in [1.82, 2.24) is 0 Å². The summed E-state index contributed by atoms with van der Waals surface area (Å²) in [6.07, 6.45) is 0.171. The molecule has 1 atom stereocenters. The van der Waals surface area contributed by atoms with E-state index in [0.29, 0.717) is 12.2 Å². The fourth-order valence-corrected chi connectivity index (χ4v) is 1.29. The second kappa shape index (κ2) is 1.73. The minimum atomic E-state index is -0.393. The number of phenolic OH excluding ortho intramolecular Hbond substituents is 1. The molecule has 0 heterocycles. The summed E-state index contributed by atoms with van der Waals surface area (Å²) in [5.74, 6) is 0.308. The number of aromatic hydroxyl groups is 1. The summed E-state index contributed by atoms with van der Waals surface area (Å²) < 4.78 is 0. The van der Waals surface area contributed by atoms with E-state index in [1.807, 2.05) is 12.1 Å². The number of rotatable bonds is 0. The fraction of sp³-hybridized carbons (Fsp3) is 0.250. The average Bonchev–Trinajstić information content (AvgIpc) is 1.91. The predicted octanol–water partition coefficient (Wildman–Crippen LogP) is 0.982. The van der Waals surface area contributed by atoms with Gasteiger partial charge in [0, 0.05) is 6.42 Å². The Morgan fingerprint density at radius 3 is 2.50 bits per heavy atom. The Hall–Kier alpha value is -1.02. The third-order valence-electron chi connectivity index (χ3n) is 1.91. The lowest BCUT2D eigenvalue weighted by Gasteiger charge is -2.19. The van der Waals surface area contributed by atoms with Crippen LogP contribution in [0.1, 0.15) is 17.2 Å². The number of benzene rings is 1. The van der Waals surface area contributed by atoms with Gasteiger partial charge in [-0.1, -0.05) is 12.1 Å². The molecule has 2 nitrogen and oxygen atoms in total. The van der Waals surface area contributed by atoms with Crippen molar-refractivity contribution in [2.24, 2.45) is 0 Å². The van der Waals surface area contributed by atoms with Gasteiger partial charge in [0.2, 0.25) is 0 Å². The normalized spacial score (nSPS) is 21.5. The van der Waals surface area contributed by atoms with E-state index in [1.165, 1.54) is 0 Å². The molecule has 0 saturated carbocycles. The molecule has 2 heteroatoms. The molecule has 0 aliphatic heterocycles. The molecule has 0 amide bonds. The number of fused-ring (bicyclic) bond motifs is 3. The molecule has 0 saturated heterocycles. The van der Waals surface area contributed by atoms with Gasteiger partial charge in [0.25, 0.3) is 0 Å². The Balaban J connectivity index is 2.62. The van der Waals surface area contributed by atoms with E-state index in [4.69, 9.17) is 5.11 Å². The molecule has 2 aliphatic carbocycles. The first kappa shape index (κ1) is 5.74. The first-order valence-corrected chi connectivity index (χ1v) is 3.27. The van der Waals surface area contributed by atoms with Gasteiger partial charge < -0.3 is 10.2 Å². The first-order valence-electron chi connectivity index (χ1n) is 3.27. The van der Waals surface area contributed by atoms with E-state index in [9.17, 15) is 5.11 Å². The minimum Gasteiger partial charge on any atom is -0.508 e. The van der Waals surface area contributed by atoms with Crippen LogP contribution in [-0.2, 0) is 6.42 Å². The zero-order valence-electron chi connectivity index (χ0n) is 5.41. The highest BCUT2D eigenvalue weighted by molar-refractivity contribution is 5.42. The molecule has 10 heavy (non-hydrogen) atoms. The van der Waals surface area contributed by atoms with Crippen molar-refractivity contribution in [3.05, 3.63) is 29.3 Å². The zero-order valence-corrected chi connectivity index (χ0v) is 5.41. The molecule has 1 aromatic rings. The summed E-state index contributed by atoms with van der Waals surface area (Å²) in [6, 6.07) is 5.30. The molecule has 1 aromatic carbocycles. The van der Waals surface area contributed by atoms with Gasteiger partial charge in [-0.15, -0.1) is 0 Å². The second-order valence-corrected chi connectivity index (χ2v) is 2.61. The van der Waals surface area contributed by atoms with Crippen LogP contribution in [0.4, 0.5) is 0 Å². The lowest BCUT2D eigenvalue weighted by atomic mass is 9.93. The van der Waals surface area contributed by atoms with Crippen molar-refractivity contribution in [3.63, 3.8) is 0 Å². The van der Waals surface area contributed by atoms with Crippen molar-refractivity contribution < 1.29 is 10.2 Å². The van der Waals surface area contributed by atoms with Gasteiger partial charge in [-0.2, -0.15) is 0 Å². The molecule has 3 rings (SSSR count). The van der Waals surface area contributed by atoms with E-state index in [0.717, 1.165) is 11.1 Å². The number of phenols is 1. The largest absolute Gasteiger partial charge is 0.508 e. The highest BCUT2D eigenvalue weighted by atomic mass is 16.3. The van der Waals surface area contributed by atoms with E-state index in [1.54, 1.807) is 6.07 Å². The molecule has 52 valence electrons. The molecular weight excluding hydrogens is 128 g/mol. The van der Waals surface area contributed by atoms with Gasteiger partial charge in [0.1, 0.15) is 5.75 Å². The van der Waals surface area contributed by atoms with Crippen LogP contribution in [0.15, 0.2) is 18.2 Å². The Morgan fingerprint density at radius 2 is 2.20 bits per heavy atom. The summed E-state index contributed by atoms with van der Waals surface area (Å²) in [5, 5.41) is 18.4. The van der Waals surface area contributed by atoms with Crippen molar-refractivity contribution in [3.8, 4) is 5.75 Å². The molecule has 2 N–H and O–H groups in total. The van der Waals surface area contributed by atoms with Crippen LogP contribution in [0.5, 0.6) is 5.75 Å². The molecule has 2 bridgehead atoms. The standard InChI is InChI=1S/C8H8O2/c9-7-4-6-2-1-5(7)3-8(6)10/h1-3,7,9-10H,4H2. The summed E-state index contributed by atoms with van der Waals surface area (Å²) in [6.45, 7) is 0. The van der Waals surface area contributed by atoms with Gasteiger partial charge in [0.05, 0.1) is 6.10 Å². The molecular formula is C8H8O2. The summed E-state index contributed by atoms with van der Waals surface area (Å²) in [7, 11) is 0. The van der Waals surface area contributed by atoms with Crippen LogP contribution in [0, 0.1) is 0 Å². The van der Waals surface area contributed by atoms with Crippen LogP contribution >= 0.6 is 0 Å².